The van der Waals surface area contributed by atoms with E-state index in [1.165, 1.54) is 30.7 Å². The van der Waals surface area contributed by atoms with Crippen molar-refractivity contribution in [3.63, 3.8) is 0 Å². The maximum absolute atomic E-state index is 12.9. The molecule has 1 unspecified atom stereocenters. The van der Waals surface area contributed by atoms with Gasteiger partial charge in [-0.3, -0.25) is 9.69 Å². The lowest BCUT2D eigenvalue weighted by Crippen LogP contribution is -2.37. The van der Waals surface area contributed by atoms with Crippen LogP contribution in [-0.2, 0) is 11.2 Å². The minimum absolute atomic E-state index is 0.106. The highest BCUT2D eigenvalue weighted by atomic mass is 32.1. The lowest BCUT2D eigenvalue weighted by atomic mass is 9.93. The molecule has 0 saturated carbocycles. The van der Waals surface area contributed by atoms with Crippen LogP contribution in [-0.4, -0.2) is 38.8 Å². The molecule has 1 N–H and O–H groups in total. The summed E-state index contributed by atoms with van der Waals surface area (Å²) in [6.07, 6.45) is 7.31. The third-order valence-corrected chi connectivity index (χ3v) is 5.54. The first kappa shape index (κ1) is 17.9. The van der Waals surface area contributed by atoms with Crippen molar-refractivity contribution in [3.05, 3.63) is 35.1 Å². The Bertz CT molecular complexity index is 720. The van der Waals surface area contributed by atoms with Gasteiger partial charge in [0.25, 0.3) is 0 Å². The van der Waals surface area contributed by atoms with E-state index in [1.54, 1.807) is 0 Å². The zero-order valence-corrected chi connectivity index (χ0v) is 15.2. The van der Waals surface area contributed by atoms with Gasteiger partial charge in [0, 0.05) is 37.0 Å². The number of aromatic nitrogens is 3. The second-order valence-corrected chi connectivity index (χ2v) is 7.51. The first-order valence-electron chi connectivity index (χ1n) is 8.45. The number of nitrogens with one attached hydrogen (secondary N) is 1. The normalized spacial score (nSPS) is 19.6. The summed E-state index contributed by atoms with van der Waals surface area (Å²) in [5.74, 6) is 0.657. The van der Waals surface area contributed by atoms with Crippen LogP contribution < -0.4 is 5.32 Å². The van der Waals surface area contributed by atoms with Gasteiger partial charge in [-0.05, 0) is 32.2 Å². The molecule has 1 amide bonds. The van der Waals surface area contributed by atoms with Crippen LogP contribution >= 0.6 is 11.3 Å². The third-order valence-electron chi connectivity index (χ3n) is 4.46. The summed E-state index contributed by atoms with van der Waals surface area (Å²) < 4.78 is 12.9. The van der Waals surface area contributed by atoms with Gasteiger partial charge in [-0.25, -0.2) is 19.3 Å². The van der Waals surface area contributed by atoms with Crippen LogP contribution in [0.4, 0.5) is 9.52 Å². The molecule has 0 radical (unpaired) electrons. The van der Waals surface area contributed by atoms with Crippen LogP contribution in [0, 0.1) is 11.7 Å². The van der Waals surface area contributed by atoms with E-state index in [-0.39, 0.29) is 11.9 Å². The van der Waals surface area contributed by atoms with Crippen molar-refractivity contribution in [3.8, 4) is 0 Å². The number of piperidine rings is 1. The fraction of sp³-hybridized carbons (Fsp3) is 0.529. The van der Waals surface area contributed by atoms with Crippen molar-refractivity contribution in [2.75, 3.05) is 18.4 Å². The Balaban J connectivity index is 1.61. The predicted molar refractivity (Wildman–Crippen MR) is 94.8 cm³/mol. The van der Waals surface area contributed by atoms with Crippen molar-refractivity contribution in [1.29, 1.82) is 0 Å². The van der Waals surface area contributed by atoms with Gasteiger partial charge in [0.15, 0.2) is 10.9 Å². The molecule has 3 heterocycles. The number of carbonyl (C=O) groups is 1. The Morgan fingerprint density at radius 3 is 2.88 bits per heavy atom. The molecule has 0 aromatic carbocycles. The van der Waals surface area contributed by atoms with Gasteiger partial charge < -0.3 is 5.32 Å². The Kier molecular flexibility index (Phi) is 5.70. The van der Waals surface area contributed by atoms with Crippen molar-refractivity contribution in [2.45, 2.75) is 39.2 Å². The summed E-state index contributed by atoms with van der Waals surface area (Å²) in [5, 5.41) is 3.37. The number of hydrogen-bond donors (Lipinski definition) is 1. The highest BCUT2D eigenvalue weighted by molar-refractivity contribution is 7.15. The molecule has 2 atom stereocenters. The first-order valence-corrected chi connectivity index (χ1v) is 9.26. The van der Waals surface area contributed by atoms with Gasteiger partial charge in [-0.15, -0.1) is 11.3 Å². The molecule has 2 aromatic rings. The summed E-state index contributed by atoms with van der Waals surface area (Å²) in [6.45, 7) is 5.64. The zero-order valence-electron chi connectivity index (χ0n) is 14.4. The van der Waals surface area contributed by atoms with Crippen LogP contribution in [0.5, 0.6) is 0 Å². The summed E-state index contributed by atoms with van der Waals surface area (Å²) in [5.41, 5.74) is 0. The number of thiazole rings is 1. The van der Waals surface area contributed by atoms with E-state index in [0.29, 0.717) is 16.9 Å². The summed E-state index contributed by atoms with van der Waals surface area (Å²) in [7, 11) is 0. The summed E-state index contributed by atoms with van der Waals surface area (Å²) >= 11 is 1.52. The largest absolute Gasteiger partial charge is 0.302 e. The van der Waals surface area contributed by atoms with Gasteiger partial charge in [0.2, 0.25) is 5.91 Å². The summed E-state index contributed by atoms with van der Waals surface area (Å²) in [4.78, 5) is 27.1. The lowest BCUT2D eigenvalue weighted by molar-refractivity contribution is -0.114. The molecule has 1 aliphatic heterocycles. The van der Waals surface area contributed by atoms with Crippen molar-refractivity contribution >= 4 is 22.4 Å². The van der Waals surface area contributed by atoms with E-state index in [0.717, 1.165) is 37.2 Å². The van der Waals surface area contributed by atoms with E-state index in [2.05, 4.69) is 32.1 Å². The molecule has 1 saturated heterocycles. The smallest absolute Gasteiger partial charge is 0.223 e. The Hall–Kier alpha value is -1.93. The molecule has 0 bridgehead atoms. The maximum atomic E-state index is 12.9. The molecule has 8 heteroatoms. The minimum Gasteiger partial charge on any atom is -0.302 e. The molecule has 1 fully saturated rings. The van der Waals surface area contributed by atoms with Crippen LogP contribution in [0.25, 0.3) is 0 Å². The summed E-state index contributed by atoms with van der Waals surface area (Å²) in [6, 6.07) is 0.247. The predicted octanol–water partition coefficient (Wildman–Crippen LogP) is 3.05. The number of amides is 1. The SMILES string of the molecule is CC(=O)Nc1ncc([C@@H](C)N2CCCC(Cc3ncc(F)cn3)C2)s1. The molecular formula is C17H22FN5OS. The fourth-order valence-corrected chi connectivity index (χ4v) is 4.13. The van der Waals surface area contributed by atoms with Crippen molar-refractivity contribution < 1.29 is 9.18 Å². The van der Waals surface area contributed by atoms with E-state index >= 15 is 0 Å². The topological polar surface area (TPSA) is 71.0 Å². The number of likely N-dealkylation sites (tertiary alicyclic amines) is 1. The molecule has 1 aliphatic rings. The second kappa shape index (κ2) is 7.97. The highest BCUT2D eigenvalue weighted by Gasteiger charge is 2.26. The number of anilines is 1. The number of nitrogens with zero attached hydrogens (tertiary/aromatic N) is 4. The average molecular weight is 363 g/mol. The number of rotatable bonds is 5. The fourth-order valence-electron chi connectivity index (χ4n) is 3.19. The molecule has 25 heavy (non-hydrogen) atoms. The molecule has 0 spiro atoms. The van der Waals surface area contributed by atoms with Crippen molar-refractivity contribution in [2.24, 2.45) is 5.92 Å². The van der Waals surface area contributed by atoms with E-state index < -0.39 is 5.82 Å². The van der Waals surface area contributed by atoms with E-state index in [9.17, 15) is 9.18 Å². The Morgan fingerprint density at radius 1 is 1.40 bits per heavy atom. The third kappa shape index (κ3) is 4.79. The highest BCUT2D eigenvalue weighted by Crippen LogP contribution is 2.32. The van der Waals surface area contributed by atoms with Crippen LogP contribution in [0.15, 0.2) is 18.6 Å². The van der Waals surface area contributed by atoms with Crippen LogP contribution in [0.1, 0.15) is 43.4 Å². The second-order valence-electron chi connectivity index (χ2n) is 6.45. The van der Waals surface area contributed by atoms with E-state index in [4.69, 9.17) is 0 Å². The quantitative estimate of drug-likeness (QED) is 0.884. The molecule has 134 valence electrons. The molecule has 2 aromatic heterocycles. The first-order chi connectivity index (χ1) is 12.0. The molecule has 6 nitrogen and oxygen atoms in total. The van der Waals surface area contributed by atoms with Crippen LogP contribution in [0.2, 0.25) is 0 Å². The Labute approximate surface area is 150 Å². The maximum Gasteiger partial charge on any atom is 0.223 e. The van der Waals surface area contributed by atoms with Crippen molar-refractivity contribution in [1.82, 2.24) is 19.9 Å². The molecule has 3 rings (SSSR count). The van der Waals surface area contributed by atoms with Gasteiger partial charge in [-0.1, -0.05) is 0 Å². The zero-order chi connectivity index (χ0) is 17.8. The lowest BCUT2D eigenvalue weighted by Gasteiger charge is -2.36. The van der Waals surface area contributed by atoms with Gasteiger partial charge >= 0.3 is 0 Å². The number of hydrogen-bond acceptors (Lipinski definition) is 6. The molecular weight excluding hydrogens is 341 g/mol. The molecule has 0 aliphatic carbocycles. The van der Waals surface area contributed by atoms with Gasteiger partial charge in [0.1, 0.15) is 5.82 Å². The minimum atomic E-state index is -0.400. The standard InChI is InChI=1S/C17H22FN5OS/c1-11(15-9-21-17(25-15)22-12(2)24)23-5-3-4-13(10-23)6-16-19-7-14(18)8-20-16/h7-9,11,13H,3-6,10H2,1-2H3,(H,21,22,24)/t11-,13?/m1/s1. The van der Waals surface area contributed by atoms with E-state index in [1.807, 2.05) is 6.20 Å². The monoisotopic (exact) mass is 363 g/mol. The Morgan fingerprint density at radius 2 is 2.16 bits per heavy atom. The van der Waals surface area contributed by atoms with Crippen LogP contribution in [0.3, 0.4) is 0 Å². The van der Waals surface area contributed by atoms with Gasteiger partial charge in [-0.2, -0.15) is 0 Å². The average Bonchev–Trinajstić information content (AvgIpc) is 3.04. The number of halogens is 1. The van der Waals surface area contributed by atoms with Gasteiger partial charge in [0.05, 0.1) is 12.4 Å². The number of carbonyl (C=O) groups excluding carboxylic acids is 1.